The van der Waals surface area contributed by atoms with Gasteiger partial charge in [-0.2, -0.15) is 0 Å². The Kier molecular flexibility index (Phi) is 33.4. The summed E-state index contributed by atoms with van der Waals surface area (Å²) in [6.07, 6.45) is -1.90. The number of H-pyrrole nitrogens is 1. The molecule has 19 N–H and O–H groups in total. The third-order valence-corrected chi connectivity index (χ3v) is 20.1. The number of aromatic nitrogens is 1. The van der Waals surface area contributed by atoms with Gasteiger partial charge < -0.3 is 94.9 Å². The van der Waals surface area contributed by atoms with Crippen LogP contribution in [0.3, 0.4) is 0 Å². The van der Waals surface area contributed by atoms with Crippen molar-refractivity contribution in [1.82, 2.24) is 68.8 Å². The zero-order valence-electron chi connectivity index (χ0n) is 59.8. The maximum Gasteiger partial charge on any atom is 0.327 e. The molecule has 13 atom stereocenters. The number of hydrogen-bond acceptors (Lipinski definition) is 19. The van der Waals surface area contributed by atoms with Crippen LogP contribution in [0.2, 0.25) is 0 Å². The van der Waals surface area contributed by atoms with Gasteiger partial charge >= 0.3 is 5.97 Å². The number of hydrogen-bond donors (Lipinski definition) is 18. The number of aromatic amines is 1. The number of fused-ring (bicyclic) bond motifs is 1. The molecule has 31 heteroatoms. The predicted octanol–water partition coefficient (Wildman–Crippen LogP) is -0.0223. The van der Waals surface area contributed by atoms with E-state index in [2.05, 4.69) is 68.8 Å². The molecule has 0 spiro atoms. The molecule has 29 nitrogen and oxygen atoms in total. The monoisotopic (exact) mass is 1500 g/mol. The molecule has 6 aromatic rings. The molecule has 1 aromatic heterocycles. The minimum absolute atomic E-state index is 0.0293. The Morgan fingerprint density at radius 2 is 0.849 bits per heavy atom. The normalized spacial score (nSPS) is 23.7. The van der Waals surface area contributed by atoms with Gasteiger partial charge in [-0.25, -0.2) is 4.79 Å². The largest absolute Gasteiger partial charge is 0.480 e. The first-order chi connectivity index (χ1) is 50.8. The number of rotatable bonds is 22. The van der Waals surface area contributed by atoms with Crippen LogP contribution in [0.1, 0.15) is 80.3 Å². The van der Waals surface area contributed by atoms with Crippen molar-refractivity contribution in [2.24, 2.45) is 5.73 Å². The number of amides is 10. The molecule has 5 aromatic carbocycles. The molecule has 0 unspecified atom stereocenters. The molecule has 1 aliphatic heterocycles. The molecule has 0 saturated carbocycles. The Bertz CT molecular complexity index is 3900. The van der Waals surface area contributed by atoms with Gasteiger partial charge in [0.1, 0.15) is 60.4 Å². The van der Waals surface area contributed by atoms with E-state index in [1.807, 2.05) is 44.2 Å². The Balaban J connectivity index is 1.32. The van der Waals surface area contributed by atoms with E-state index in [0.29, 0.717) is 58.1 Å². The number of carboxylic acid groups (broad SMARTS) is 1. The zero-order valence-corrected chi connectivity index (χ0v) is 61.4. The van der Waals surface area contributed by atoms with Crippen LogP contribution in [0.4, 0.5) is 0 Å². The van der Waals surface area contributed by atoms with E-state index in [1.54, 1.807) is 115 Å². The lowest BCUT2D eigenvalue weighted by molar-refractivity contribution is -0.142. The van der Waals surface area contributed by atoms with E-state index in [1.165, 1.54) is 14.0 Å². The van der Waals surface area contributed by atoms with Crippen molar-refractivity contribution in [2.45, 2.75) is 170 Å². The first-order valence-corrected chi connectivity index (χ1v) is 37.7. The summed E-state index contributed by atoms with van der Waals surface area (Å²) < 4.78 is 0. The van der Waals surface area contributed by atoms with Crippen LogP contribution < -0.4 is 69.5 Å². The summed E-state index contributed by atoms with van der Waals surface area (Å²) in [6.45, 7) is 5.96. The van der Waals surface area contributed by atoms with Crippen LogP contribution in [-0.4, -0.2) is 207 Å². The van der Waals surface area contributed by atoms with Gasteiger partial charge in [0.2, 0.25) is 59.1 Å². The lowest BCUT2D eigenvalue weighted by atomic mass is 9.99. The summed E-state index contributed by atoms with van der Waals surface area (Å²) in [7, 11) is 3.47. The van der Waals surface area contributed by atoms with Gasteiger partial charge in [-0.1, -0.05) is 169 Å². The lowest BCUT2D eigenvalue weighted by Crippen LogP contribution is -2.63. The second-order valence-electron chi connectivity index (χ2n) is 26.3. The first kappa shape index (κ1) is 83.5. The van der Waals surface area contributed by atoms with Crippen molar-refractivity contribution < 1.29 is 73.2 Å². The summed E-state index contributed by atoms with van der Waals surface area (Å²) in [4.78, 5) is 163. The number of aliphatic carboxylic acids is 1. The molecule has 570 valence electrons. The van der Waals surface area contributed by atoms with Gasteiger partial charge in [0, 0.05) is 73.3 Å². The molecule has 1 aliphatic rings. The maximum atomic E-state index is 15.6. The van der Waals surface area contributed by atoms with E-state index < -0.39 is 150 Å². The van der Waals surface area contributed by atoms with Crippen LogP contribution in [0.15, 0.2) is 146 Å². The number of aliphatic hydroxyl groups is 3. The van der Waals surface area contributed by atoms with Gasteiger partial charge in [0.25, 0.3) is 0 Å². The van der Waals surface area contributed by atoms with E-state index in [4.69, 9.17) is 5.73 Å². The molecule has 0 radical (unpaired) electrons. The summed E-state index contributed by atoms with van der Waals surface area (Å²) in [6, 6.07) is 23.0. The van der Waals surface area contributed by atoms with E-state index in [9.17, 15) is 54.0 Å². The van der Waals surface area contributed by atoms with Crippen LogP contribution in [0.5, 0.6) is 0 Å². The fourth-order valence-corrected chi connectivity index (χ4v) is 14.0. The molecular weight excluding hydrogens is 1400 g/mol. The van der Waals surface area contributed by atoms with Crippen LogP contribution in [-0.2, 0) is 91.4 Å². The van der Waals surface area contributed by atoms with Crippen molar-refractivity contribution in [3.8, 4) is 0 Å². The number of carboxylic acids is 1. The highest BCUT2D eigenvalue weighted by Gasteiger charge is 2.39. The first-order valence-electron chi connectivity index (χ1n) is 35.2. The molecule has 7 rings (SSSR count). The topological polar surface area (TPSA) is 455 Å². The molecule has 2 heterocycles. The number of nitrogens with one attached hydrogen (secondary N) is 13. The number of nitrogens with two attached hydrogens (primary N) is 1. The summed E-state index contributed by atoms with van der Waals surface area (Å²) in [5.74, 6) is -11.5. The number of unbranched alkanes of at least 4 members (excludes halogenated alkanes) is 1. The fraction of sp³-hybridized carbons (Fsp3) is 0.427. The number of para-hydroxylation sites is 1. The Hall–Kier alpha value is -9.73. The van der Waals surface area contributed by atoms with Crippen LogP contribution in [0, 0.1) is 0 Å². The SMILES string of the molecule is CN[C@H]1CSSC[C@@H](C(=O)O)NC(=O)[C@H](CO)NC(=O)[C@H]([C@@H](C)O)NC(=O)[C@H](Cc2ccccc2)NC(=O)[C@@H]([C@@H](C)O)NC(=O)[C@H](Cc2ccc(CNC(C)C)cc2)NC(=O)[C@@H](Cc2c[nH]c3ccccc23)NC(=O)[C@H](Cc2ccccc2)NC(=O)[C@H](Cc2ccccc2)NC(=O)[C@H](CCCCN)NC1=O. The molecule has 10 amide bonds. The molecule has 106 heavy (non-hydrogen) atoms. The predicted molar refractivity (Wildman–Crippen MR) is 403 cm³/mol. The third kappa shape index (κ3) is 26.1. The molecule has 0 bridgehead atoms. The fourth-order valence-electron chi connectivity index (χ4n) is 11.6. The van der Waals surface area contributed by atoms with E-state index >= 15 is 19.2 Å². The zero-order chi connectivity index (χ0) is 76.8. The quantitative estimate of drug-likeness (QED) is 0.0314. The standard InChI is InChI=1S/C75H98N14O15S2/c1-43(2)78-38-50-30-28-49(29-31-50)36-57-69(97)88-63(44(3)91)73(101)85-58(35-48-23-13-8-14-24-48)70(98)89-64(45(4)92)74(102)86-60(40-90)71(99)87-62(75(103)104)42-106-105-41-61(77-5)72(100)80-54(27-17-18-32-76)65(93)81-55(33-46-19-9-6-10-20-46)66(94)82-56(34-47-21-11-7-12-22-47)67(95)84-59(68(96)83-57)37-51-39-79-53-26-16-15-25-52(51)53/h6-16,19-26,28-31,39,43-45,54-64,77-79,90-92H,17-18,27,32-38,40-42,76H2,1-5H3,(H,80,100)(H,81,93)(H,82,94)(H,83,96)(H,84,95)(H,85,101)(H,86,102)(H,87,99)(H,88,97)(H,89,98)(H,103,104)/t44-,45-,54+,55+,56+,57+,58+,59-,60+,61+,62+,63-,64+/m1/s1. The lowest BCUT2D eigenvalue weighted by Gasteiger charge is -2.29. The average molecular weight is 1500 g/mol. The third-order valence-electron chi connectivity index (χ3n) is 17.6. The molecule has 0 aliphatic carbocycles. The Labute approximate surface area is 623 Å². The summed E-state index contributed by atoms with van der Waals surface area (Å²) >= 11 is 0. The van der Waals surface area contributed by atoms with Crippen LogP contribution in [0.25, 0.3) is 10.9 Å². The number of likely N-dealkylation sites (N-methyl/N-ethyl adjacent to an activating group) is 1. The second kappa shape index (κ2) is 42.4. The number of aliphatic hydroxyl groups excluding tert-OH is 3. The van der Waals surface area contributed by atoms with Crippen molar-refractivity contribution in [1.29, 1.82) is 0 Å². The molecule has 1 fully saturated rings. The smallest absolute Gasteiger partial charge is 0.327 e. The van der Waals surface area contributed by atoms with E-state index in [-0.39, 0.29) is 62.6 Å². The number of carbonyl (C=O) groups excluding carboxylic acids is 10. The second-order valence-corrected chi connectivity index (χ2v) is 28.9. The van der Waals surface area contributed by atoms with Gasteiger partial charge in [-0.05, 0) is 86.1 Å². The molecule has 1 saturated heterocycles. The summed E-state index contributed by atoms with van der Waals surface area (Å²) in [5, 5.41) is 76.4. The number of carbonyl (C=O) groups is 11. The minimum atomic E-state index is -1.90. The van der Waals surface area contributed by atoms with Gasteiger partial charge in [-0.15, -0.1) is 0 Å². The molecular formula is C75H98N14O15S2. The van der Waals surface area contributed by atoms with Gasteiger partial charge in [0.05, 0.1) is 24.9 Å². The minimum Gasteiger partial charge on any atom is -0.480 e. The van der Waals surface area contributed by atoms with E-state index in [0.717, 1.165) is 34.1 Å². The van der Waals surface area contributed by atoms with Crippen LogP contribution >= 0.6 is 21.6 Å². The highest BCUT2D eigenvalue weighted by Crippen LogP contribution is 2.24. The van der Waals surface area contributed by atoms with Crippen molar-refractivity contribution in [3.63, 3.8) is 0 Å². The average Bonchev–Trinajstić information content (AvgIpc) is 1.64. The number of benzene rings is 5. The van der Waals surface area contributed by atoms with Gasteiger partial charge in [0.15, 0.2) is 0 Å². The maximum absolute atomic E-state index is 15.6. The van der Waals surface area contributed by atoms with Crippen molar-refractivity contribution in [2.75, 3.05) is 31.7 Å². The highest BCUT2D eigenvalue weighted by atomic mass is 33.1. The Morgan fingerprint density at radius 1 is 0.462 bits per heavy atom. The highest BCUT2D eigenvalue weighted by molar-refractivity contribution is 8.76. The Morgan fingerprint density at radius 3 is 1.29 bits per heavy atom. The summed E-state index contributed by atoms with van der Waals surface area (Å²) in [5.41, 5.74) is 10.2. The van der Waals surface area contributed by atoms with Gasteiger partial charge in [-0.3, -0.25) is 47.9 Å². The van der Waals surface area contributed by atoms with Crippen molar-refractivity contribution in [3.05, 3.63) is 179 Å². The van der Waals surface area contributed by atoms with Crippen molar-refractivity contribution >= 4 is 97.5 Å².